The van der Waals surface area contributed by atoms with Crippen molar-refractivity contribution in [2.24, 2.45) is 5.92 Å². The predicted octanol–water partition coefficient (Wildman–Crippen LogP) is 4.10. The standard InChI is InChI=1S/C17H23FN2/c1-13(2)11-20(16-8-3-4-9-16)12-15-7-5-6-14(10-19)17(15)18/h5-7,13,16H,3-4,8-9,11-12H2,1-2H3. The monoisotopic (exact) mass is 274 g/mol. The van der Waals surface area contributed by atoms with Crippen molar-refractivity contribution >= 4 is 0 Å². The third-order valence-corrected chi connectivity index (χ3v) is 4.01. The van der Waals surface area contributed by atoms with Gasteiger partial charge in [-0.15, -0.1) is 0 Å². The highest BCUT2D eigenvalue weighted by Crippen LogP contribution is 2.26. The van der Waals surface area contributed by atoms with Crippen molar-refractivity contribution in [3.63, 3.8) is 0 Å². The second-order valence-electron chi connectivity index (χ2n) is 6.15. The van der Waals surface area contributed by atoms with E-state index >= 15 is 0 Å². The molecule has 1 fully saturated rings. The van der Waals surface area contributed by atoms with E-state index in [1.807, 2.05) is 6.07 Å². The van der Waals surface area contributed by atoms with Gasteiger partial charge in [0.05, 0.1) is 5.56 Å². The molecule has 1 aliphatic rings. The zero-order chi connectivity index (χ0) is 14.5. The molecule has 0 amide bonds. The van der Waals surface area contributed by atoms with Crippen LogP contribution in [0.4, 0.5) is 4.39 Å². The minimum absolute atomic E-state index is 0.151. The summed E-state index contributed by atoms with van der Waals surface area (Å²) in [4.78, 5) is 2.40. The number of benzene rings is 1. The fourth-order valence-electron chi connectivity index (χ4n) is 3.09. The van der Waals surface area contributed by atoms with E-state index in [0.717, 1.165) is 6.54 Å². The molecule has 3 heteroatoms. The Morgan fingerprint density at radius 2 is 2.05 bits per heavy atom. The SMILES string of the molecule is CC(C)CN(Cc1cccc(C#N)c1F)C1CCCC1. The molecular weight excluding hydrogens is 251 g/mol. The van der Waals surface area contributed by atoms with Gasteiger partial charge in [-0.25, -0.2) is 4.39 Å². The summed E-state index contributed by atoms with van der Waals surface area (Å²) in [5, 5.41) is 8.93. The molecule has 108 valence electrons. The van der Waals surface area contributed by atoms with E-state index in [9.17, 15) is 4.39 Å². The average molecular weight is 274 g/mol. The molecule has 0 radical (unpaired) electrons. The number of nitrogens with zero attached hydrogens (tertiary/aromatic N) is 2. The molecule has 0 N–H and O–H groups in total. The molecule has 1 aromatic carbocycles. The van der Waals surface area contributed by atoms with Crippen LogP contribution < -0.4 is 0 Å². The van der Waals surface area contributed by atoms with Crippen LogP contribution in [0.15, 0.2) is 18.2 Å². The Bertz CT molecular complexity index is 484. The number of hydrogen-bond acceptors (Lipinski definition) is 2. The molecule has 0 aliphatic heterocycles. The lowest BCUT2D eigenvalue weighted by atomic mass is 10.1. The fraction of sp³-hybridized carbons (Fsp3) is 0.588. The smallest absolute Gasteiger partial charge is 0.145 e. The number of rotatable bonds is 5. The topological polar surface area (TPSA) is 27.0 Å². The molecule has 0 spiro atoms. The molecule has 2 rings (SSSR count). The summed E-state index contributed by atoms with van der Waals surface area (Å²) in [5.74, 6) is 0.222. The third-order valence-electron chi connectivity index (χ3n) is 4.01. The Balaban J connectivity index is 2.17. The summed E-state index contributed by atoms with van der Waals surface area (Å²) in [6, 6.07) is 7.62. The number of nitriles is 1. The molecule has 1 aliphatic carbocycles. The second kappa shape index (κ2) is 6.85. The van der Waals surface area contributed by atoms with Crippen LogP contribution in [-0.4, -0.2) is 17.5 Å². The number of hydrogen-bond donors (Lipinski definition) is 0. The molecule has 1 saturated carbocycles. The highest BCUT2D eigenvalue weighted by atomic mass is 19.1. The maximum Gasteiger partial charge on any atom is 0.145 e. The maximum atomic E-state index is 14.2. The van der Waals surface area contributed by atoms with Gasteiger partial charge in [-0.1, -0.05) is 38.8 Å². The molecule has 0 atom stereocenters. The van der Waals surface area contributed by atoms with E-state index in [2.05, 4.69) is 18.7 Å². The van der Waals surface area contributed by atoms with Crippen LogP contribution in [0.2, 0.25) is 0 Å². The molecule has 0 unspecified atom stereocenters. The largest absolute Gasteiger partial charge is 0.296 e. The zero-order valence-corrected chi connectivity index (χ0v) is 12.4. The van der Waals surface area contributed by atoms with Gasteiger partial charge in [0.2, 0.25) is 0 Å². The number of halogens is 1. The summed E-state index contributed by atoms with van der Waals surface area (Å²) in [7, 11) is 0. The van der Waals surface area contributed by atoms with Crippen molar-refractivity contribution < 1.29 is 4.39 Å². The predicted molar refractivity (Wildman–Crippen MR) is 78.6 cm³/mol. The molecular formula is C17H23FN2. The first kappa shape index (κ1) is 15.0. The van der Waals surface area contributed by atoms with Gasteiger partial charge >= 0.3 is 0 Å². The van der Waals surface area contributed by atoms with Crippen molar-refractivity contribution in [1.82, 2.24) is 4.90 Å². The lowest BCUT2D eigenvalue weighted by Gasteiger charge is -2.30. The first-order valence-electron chi connectivity index (χ1n) is 7.53. The summed E-state index contributed by atoms with van der Waals surface area (Å²) in [6.45, 7) is 6.00. The van der Waals surface area contributed by atoms with E-state index in [1.54, 1.807) is 18.2 Å². The molecule has 0 heterocycles. The van der Waals surface area contributed by atoms with Crippen LogP contribution in [-0.2, 0) is 6.54 Å². The van der Waals surface area contributed by atoms with Crippen molar-refractivity contribution in [2.45, 2.75) is 52.1 Å². The molecule has 1 aromatic rings. The summed E-state index contributed by atoms with van der Waals surface area (Å²) < 4.78 is 14.2. The van der Waals surface area contributed by atoms with Gasteiger partial charge in [-0.2, -0.15) is 5.26 Å². The minimum atomic E-state index is -0.346. The zero-order valence-electron chi connectivity index (χ0n) is 12.4. The van der Waals surface area contributed by atoms with Crippen LogP contribution in [0.1, 0.15) is 50.7 Å². The van der Waals surface area contributed by atoms with E-state index in [0.29, 0.717) is 24.1 Å². The molecule has 0 saturated heterocycles. The Morgan fingerprint density at radius 3 is 2.65 bits per heavy atom. The highest BCUT2D eigenvalue weighted by Gasteiger charge is 2.24. The van der Waals surface area contributed by atoms with Crippen molar-refractivity contribution in [2.75, 3.05) is 6.54 Å². The van der Waals surface area contributed by atoms with Crippen LogP contribution in [0.3, 0.4) is 0 Å². The summed E-state index contributed by atoms with van der Waals surface area (Å²) >= 11 is 0. The summed E-state index contributed by atoms with van der Waals surface area (Å²) in [6.07, 6.45) is 4.98. The Morgan fingerprint density at radius 1 is 1.35 bits per heavy atom. The van der Waals surface area contributed by atoms with Crippen LogP contribution in [0, 0.1) is 23.1 Å². The normalized spacial score (nSPS) is 16.0. The highest BCUT2D eigenvalue weighted by molar-refractivity contribution is 5.34. The van der Waals surface area contributed by atoms with Gasteiger partial charge in [-0.3, -0.25) is 4.90 Å². The quantitative estimate of drug-likeness (QED) is 0.808. The third kappa shape index (κ3) is 3.58. The lowest BCUT2D eigenvalue weighted by molar-refractivity contribution is 0.166. The first-order valence-corrected chi connectivity index (χ1v) is 7.53. The van der Waals surface area contributed by atoms with Crippen molar-refractivity contribution in [3.8, 4) is 6.07 Å². The van der Waals surface area contributed by atoms with Gasteiger partial charge in [0, 0.05) is 24.7 Å². The van der Waals surface area contributed by atoms with Gasteiger partial charge in [0.1, 0.15) is 11.9 Å². The molecule has 0 bridgehead atoms. The van der Waals surface area contributed by atoms with Gasteiger partial charge in [0.25, 0.3) is 0 Å². The molecule has 0 aromatic heterocycles. The van der Waals surface area contributed by atoms with Crippen LogP contribution >= 0.6 is 0 Å². The Hall–Kier alpha value is -1.40. The first-order chi connectivity index (χ1) is 9.61. The van der Waals surface area contributed by atoms with Gasteiger partial charge in [-0.05, 0) is 24.8 Å². The average Bonchev–Trinajstić information content (AvgIpc) is 2.93. The van der Waals surface area contributed by atoms with E-state index in [4.69, 9.17) is 5.26 Å². The van der Waals surface area contributed by atoms with E-state index in [-0.39, 0.29) is 11.4 Å². The van der Waals surface area contributed by atoms with E-state index < -0.39 is 0 Å². The van der Waals surface area contributed by atoms with Crippen LogP contribution in [0.25, 0.3) is 0 Å². The van der Waals surface area contributed by atoms with E-state index in [1.165, 1.54) is 25.7 Å². The Kier molecular flexibility index (Phi) is 5.14. The molecule has 2 nitrogen and oxygen atoms in total. The minimum Gasteiger partial charge on any atom is -0.296 e. The van der Waals surface area contributed by atoms with Crippen molar-refractivity contribution in [1.29, 1.82) is 5.26 Å². The fourth-order valence-corrected chi connectivity index (χ4v) is 3.09. The van der Waals surface area contributed by atoms with Gasteiger partial charge < -0.3 is 0 Å². The maximum absolute atomic E-state index is 14.2. The lowest BCUT2D eigenvalue weighted by Crippen LogP contribution is -2.36. The van der Waals surface area contributed by atoms with Crippen LogP contribution in [0.5, 0.6) is 0 Å². The second-order valence-corrected chi connectivity index (χ2v) is 6.15. The summed E-state index contributed by atoms with van der Waals surface area (Å²) in [5.41, 5.74) is 0.801. The van der Waals surface area contributed by atoms with Gasteiger partial charge in [0.15, 0.2) is 0 Å². The molecule has 20 heavy (non-hydrogen) atoms. The Labute approximate surface area is 121 Å². The van der Waals surface area contributed by atoms with Crippen molar-refractivity contribution in [3.05, 3.63) is 35.1 Å².